The van der Waals surface area contributed by atoms with Crippen LogP contribution in [-0.2, 0) is 9.53 Å². The van der Waals surface area contributed by atoms with E-state index < -0.39 is 0 Å². The second-order valence-corrected chi connectivity index (χ2v) is 18.4. The van der Waals surface area contributed by atoms with E-state index in [0.29, 0.717) is 6.42 Å². The molecule has 0 unspecified atom stereocenters. The highest BCUT2D eigenvalue weighted by molar-refractivity contribution is 5.69. The van der Waals surface area contributed by atoms with Crippen LogP contribution in [0.3, 0.4) is 0 Å². The number of unbranched alkanes of at least 4 members (excludes halogenated alkanes) is 10. The van der Waals surface area contributed by atoms with Gasteiger partial charge in [-0.05, 0) is 89.2 Å². The summed E-state index contributed by atoms with van der Waals surface area (Å²) in [6.45, 7) is 24.1. The molecule has 0 saturated heterocycles. The van der Waals surface area contributed by atoms with Gasteiger partial charge in [-0.25, -0.2) is 0 Å². The van der Waals surface area contributed by atoms with Crippen LogP contribution >= 0.6 is 0 Å². The molecule has 1 N–H and O–H groups in total. The number of aliphatic hydroxyl groups excluding tert-OH is 1. The molecule has 0 aliphatic heterocycles. The average molecular weight is 779 g/mol. The third-order valence-electron chi connectivity index (χ3n) is 11.5. The molecule has 0 aromatic rings. The second-order valence-electron chi connectivity index (χ2n) is 18.4. The predicted molar refractivity (Wildman–Crippen MR) is 249 cm³/mol. The smallest absolute Gasteiger partial charge is 0.306 e. The minimum Gasteiger partial charge on any atom is -0.462 e. The van der Waals surface area contributed by atoms with Gasteiger partial charge in [0.05, 0.1) is 6.10 Å². The van der Waals surface area contributed by atoms with Crippen LogP contribution in [0.15, 0.2) is 130 Å². The zero-order valence-corrected chi connectivity index (χ0v) is 38.3. The molecule has 57 heavy (non-hydrogen) atoms. The first-order valence-electron chi connectivity index (χ1n) is 22.4. The van der Waals surface area contributed by atoms with Crippen LogP contribution in [0.4, 0.5) is 0 Å². The van der Waals surface area contributed by atoms with E-state index >= 15 is 0 Å². The number of carbonyl (C=O) groups excluding carboxylic acids is 1. The van der Waals surface area contributed by atoms with E-state index in [2.05, 4.69) is 161 Å². The van der Waals surface area contributed by atoms with Gasteiger partial charge < -0.3 is 9.84 Å². The summed E-state index contributed by atoms with van der Waals surface area (Å²) in [5.41, 5.74) is 10.0. The molecule has 2 aliphatic rings. The Morgan fingerprint density at radius 3 is 1.46 bits per heavy atom. The number of hydrogen-bond acceptors (Lipinski definition) is 3. The number of esters is 1. The van der Waals surface area contributed by atoms with E-state index in [1.54, 1.807) is 0 Å². The fraction of sp³-hybridized carbons (Fsp3) is 0.574. The molecule has 0 heterocycles. The van der Waals surface area contributed by atoms with E-state index in [1.165, 1.54) is 102 Å². The first kappa shape index (κ1) is 49.7. The molecule has 3 nitrogen and oxygen atoms in total. The number of aliphatic hydroxyl groups is 1. The molecule has 2 atom stereocenters. The van der Waals surface area contributed by atoms with Crippen LogP contribution in [0.2, 0.25) is 0 Å². The van der Waals surface area contributed by atoms with E-state index in [-0.39, 0.29) is 29.0 Å². The molecule has 0 aromatic heterocycles. The van der Waals surface area contributed by atoms with Crippen LogP contribution in [0.5, 0.6) is 0 Å². The van der Waals surface area contributed by atoms with Gasteiger partial charge in [-0.1, -0.05) is 217 Å². The van der Waals surface area contributed by atoms with Crippen LogP contribution in [0, 0.1) is 10.8 Å². The van der Waals surface area contributed by atoms with Gasteiger partial charge in [0.2, 0.25) is 0 Å². The zero-order valence-electron chi connectivity index (χ0n) is 38.3. The second kappa shape index (κ2) is 26.5. The summed E-state index contributed by atoms with van der Waals surface area (Å²) in [7, 11) is 0. The standard InChI is InChI=1S/C54H82O3/c1-12-13-14-15-16-17-18-19-20-21-22-33-52(56)57-49-39-47(7)51(54(10,11)41-49)37-35-45(5)32-26-30-43(3)28-24-23-27-42(2)29-25-31-44(4)34-36-50-46(6)38-48(55)40-53(50,8)9/h23-32,34-37,48-49,55H,12-22,33,38-41H2,1-11H3/b24-23+,29-25+,30-26+,36-34+,37-35+,42-27+,43-28+,44-31+,45-32+/t48-,49-/m1/s1. The van der Waals surface area contributed by atoms with Crippen LogP contribution in [-0.4, -0.2) is 23.3 Å². The summed E-state index contributed by atoms with van der Waals surface area (Å²) < 4.78 is 6.00. The van der Waals surface area contributed by atoms with Gasteiger partial charge in [0, 0.05) is 12.8 Å². The maximum atomic E-state index is 12.7. The van der Waals surface area contributed by atoms with Crippen molar-refractivity contribution in [3.05, 3.63) is 130 Å². The summed E-state index contributed by atoms with van der Waals surface area (Å²) in [4.78, 5) is 12.7. The van der Waals surface area contributed by atoms with Gasteiger partial charge in [0.1, 0.15) is 6.10 Å². The van der Waals surface area contributed by atoms with Crippen LogP contribution in [0.1, 0.15) is 179 Å². The Bertz CT molecular complexity index is 1600. The molecule has 3 heteroatoms. The molecular formula is C54H82O3. The highest BCUT2D eigenvalue weighted by Gasteiger charge is 2.34. The van der Waals surface area contributed by atoms with Crippen molar-refractivity contribution in [2.24, 2.45) is 10.8 Å². The molecule has 0 bridgehead atoms. The Morgan fingerprint density at radius 1 is 0.596 bits per heavy atom. The predicted octanol–water partition coefficient (Wildman–Crippen LogP) is 15.8. The highest BCUT2D eigenvalue weighted by Crippen LogP contribution is 2.43. The molecule has 0 radical (unpaired) electrons. The van der Waals surface area contributed by atoms with Crippen molar-refractivity contribution in [2.45, 2.75) is 191 Å². The quantitative estimate of drug-likeness (QED) is 0.0638. The fourth-order valence-corrected chi connectivity index (χ4v) is 8.36. The Hall–Kier alpha value is -3.43. The maximum Gasteiger partial charge on any atom is 0.306 e. The number of rotatable bonds is 23. The maximum absolute atomic E-state index is 12.7. The first-order valence-corrected chi connectivity index (χ1v) is 22.4. The van der Waals surface area contributed by atoms with E-state index in [0.717, 1.165) is 38.5 Å². The highest BCUT2D eigenvalue weighted by atomic mass is 16.5. The molecule has 0 fully saturated rings. The third-order valence-corrected chi connectivity index (χ3v) is 11.5. The average Bonchev–Trinajstić information content (AvgIpc) is 3.11. The molecule has 2 rings (SSSR count). The van der Waals surface area contributed by atoms with Gasteiger partial charge in [-0.3, -0.25) is 4.79 Å². The van der Waals surface area contributed by atoms with Crippen molar-refractivity contribution >= 4 is 5.97 Å². The minimum absolute atomic E-state index is 0.00247. The molecule has 2 aliphatic carbocycles. The van der Waals surface area contributed by atoms with Gasteiger partial charge in [-0.15, -0.1) is 0 Å². The molecule has 0 amide bonds. The summed E-state index contributed by atoms with van der Waals surface area (Å²) in [6.07, 6.45) is 47.7. The number of allylic oxidation sites excluding steroid dienone is 20. The number of ether oxygens (including phenoxy) is 1. The lowest BCUT2D eigenvalue weighted by molar-refractivity contribution is -0.150. The fourth-order valence-electron chi connectivity index (χ4n) is 8.36. The van der Waals surface area contributed by atoms with Gasteiger partial charge in [0.25, 0.3) is 0 Å². The third kappa shape index (κ3) is 20.7. The summed E-state index contributed by atoms with van der Waals surface area (Å²) in [5.74, 6) is -0.0262. The van der Waals surface area contributed by atoms with Crippen molar-refractivity contribution < 1.29 is 14.6 Å². The lowest BCUT2D eigenvalue weighted by Gasteiger charge is -2.37. The number of carbonyl (C=O) groups is 1. The van der Waals surface area contributed by atoms with Crippen molar-refractivity contribution in [1.29, 1.82) is 0 Å². The van der Waals surface area contributed by atoms with Gasteiger partial charge in [-0.2, -0.15) is 0 Å². The van der Waals surface area contributed by atoms with Crippen LogP contribution in [0.25, 0.3) is 0 Å². The molecule has 0 aromatic carbocycles. The molecular weight excluding hydrogens is 697 g/mol. The molecule has 0 saturated carbocycles. The van der Waals surface area contributed by atoms with Crippen molar-refractivity contribution in [2.75, 3.05) is 0 Å². The largest absolute Gasteiger partial charge is 0.462 e. The summed E-state index contributed by atoms with van der Waals surface area (Å²) in [6, 6.07) is 0. The molecule has 316 valence electrons. The first-order chi connectivity index (χ1) is 27.0. The monoisotopic (exact) mass is 779 g/mol. The van der Waals surface area contributed by atoms with Gasteiger partial charge in [0.15, 0.2) is 0 Å². The molecule has 0 spiro atoms. The lowest BCUT2D eigenvalue weighted by atomic mass is 9.71. The Morgan fingerprint density at radius 2 is 1.00 bits per heavy atom. The Kier molecular flexibility index (Phi) is 23.2. The topological polar surface area (TPSA) is 46.5 Å². The Labute approximate surface area is 351 Å². The van der Waals surface area contributed by atoms with Gasteiger partial charge >= 0.3 is 5.97 Å². The van der Waals surface area contributed by atoms with E-state index in [1.807, 2.05) is 0 Å². The summed E-state index contributed by atoms with van der Waals surface area (Å²) >= 11 is 0. The number of hydrogen-bond donors (Lipinski definition) is 1. The Balaban J connectivity index is 1.79. The minimum atomic E-state index is -0.232. The summed E-state index contributed by atoms with van der Waals surface area (Å²) in [5, 5.41) is 10.2. The van der Waals surface area contributed by atoms with Crippen LogP contribution < -0.4 is 0 Å². The van der Waals surface area contributed by atoms with Crippen molar-refractivity contribution in [3.8, 4) is 0 Å². The SMILES string of the molecule is CCCCCCCCCCCCCC(=O)O[C@@H]1CC(C)=C(/C=C/C(C)=C/C=C/C(C)=C/C=C/C=C(C)/C=C/C=C(C)/C=C/C2=C(C)C[C@@H](O)CC2(C)C)C(C)(C)C1. The normalized spacial score (nSPS) is 21.5. The van der Waals surface area contributed by atoms with E-state index in [9.17, 15) is 9.90 Å². The zero-order chi connectivity index (χ0) is 42.3. The lowest BCUT2D eigenvalue weighted by Crippen LogP contribution is -2.31. The van der Waals surface area contributed by atoms with Crippen molar-refractivity contribution in [1.82, 2.24) is 0 Å². The van der Waals surface area contributed by atoms with Crippen molar-refractivity contribution in [3.63, 3.8) is 0 Å². The van der Waals surface area contributed by atoms with E-state index in [4.69, 9.17) is 4.74 Å².